The van der Waals surface area contributed by atoms with Gasteiger partial charge in [0.1, 0.15) is 5.75 Å². The number of carbonyl (C=O) groups excluding carboxylic acids is 1. The molecule has 0 saturated heterocycles. The number of methoxy groups -OCH3 is 1. The van der Waals surface area contributed by atoms with Gasteiger partial charge in [0.2, 0.25) is 5.91 Å². The van der Waals surface area contributed by atoms with E-state index >= 15 is 0 Å². The summed E-state index contributed by atoms with van der Waals surface area (Å²) in [4.78, 5) is 14.1. The third-order valence-electron chi connectivity index (χ3n) is 3.43. The predicted molar refractivity (Wildman–Crippen MR) is 96.8 cm³/mol. The molecule has 2 aromatic carbocycles. The summed E-state index contributed by atoms with van der Waals surface area (Å²) in [6.07, 6.45) is 0. The van der Waals surface area contributed by atoms with E-state index in [0.29, 0.717) is 13.1 Å². The van der Waals surface area contributed by atoms with Gasteiger partial charge in [0.05, 0.1) is 13.7 Å². The van der Waals surface area contributed by atoms with Crippen molar-refractivity contribution >= 4 is 27.5 Å². The highest BCUT2D eigenvalue weighted by Gasteiger charge is 2.11. The molecule has 0 unspecified atom stereocenters. The number of hydrogen-bond acceptors (Lipinski definition) is 3. The minimum absolute atomic E-state index is 0.0367. The fourth-order valence-corrected chi connectivity index (χ4v) is 2.71. The third-order valence-corrected chi connectivity index (χ3v) is 3.92. The number of aryl methyl sites for hydroxylation is 1. The first kappa shape index (κ1) is 17.5. The van der Waals surface area contributed by atoms with Crippen LogP contribution in [0.5, 0.6) is 5.75 Å². The van der Waals surface area contributed by atoms with E-state index in [9.17, 15) is 4.79 Å². The van der Waals surface area contributed by atoms with Crippen LogP contribution < -0.4 is 10.1 Å². The van der Waals surface area contributed by atoms with Crippen molar-refractivity contribution in [3.63, 3.8) is 0 Å². The third kappa shape index (κ3) is 5.37. The van der Waals surface area contributed by atoms with Crippen LogP contribution in [0.1, 0.15) is 11.1 Å². The maximum atomic E-state index is 12.1. The lowest BCUT2D eigenvalue weighted by atomic mass is 10.2. The lowest BCUT2D eigenvalue weighted by Crippen LogP contribution is -2.30. The molecule has 0 atom stereocenters. The van der Waals surface area contributed by atoms with E-state index in [1.807, 2.05) is 61.3 Å². The molecule has 23 heavy (non-hydrogen) atoms. The first-order chi connectivity index (χ1) is 11.0. The van der Waals surface area contributed by atoms with Gasteiger partial charge < -0.3 is 10.1 Å². The van der Waals surface area contributed by atoms with E-state index in [2.05, 4.69) is 21.2 Å². The maximum absolute atomic E-state index is 12.1. The molecule has 0 spiro atoms. The van der Waals surface area contributed by atoms with Gasteiger partial charge in [0.25, 0.3) is 0 Å². The molecule has 0 aliphatic carbocycles. The Hall–Kier alpha value is -1.85. The Labute approximate surface area is 145 Å². The number of nitrogens with zero attached hydrogens (tertiary/aromatic N) is 1. The molecule has 0 aliphatic heterocycles. The standard InChI is InChI=1S/C18H21BrN2O2/c1-13-4-7-16(8-5-13)20-18(22)12-21(2)11-14-10-15(19)6-9-17(14)23-3/h4-10H,11-12H2,1-3H3,(H,20,22). The van der Waals surface area contributed by atoms with Crippen LogP contribution in [0.2, 0.25) is 0 Å². The number of nitrogens with one attached hydrogen (secondary N) is 1. The molecule has 2 aromatic rings. The normalized spacial score (nSPS) is 10.7. The van der Waals surface area contributed by atoms with E-state index in [4.69, 9.17) is 4.74 Å². The number of carbonyl (C=O) groups is 1. The lowest BCUT2D eigenvalue weighted by molar-refractivity contribution is -0.117. The SMILES string of the molecule is COc1ccc(Br)cc1CN(C)CC(=O)Nc1ccc(C)cc1. The summed E-state index contributed by atoms with van der Waals surface area (Å²) in [7, 11) is 3.56. The van der Waals surface area contributed by atoms with Gasteiger partial charge in [-0.15, -0.1) is 0 Å². The minimum atomic E-state index is -0.0367. The number of hydrogen-bond donors (Lipinski definition) is 1. The molecule has 0 fully saturated rings. The number of likely N-dealkylation sites (N-methyl/N-ethyl adjacent to an activating group) is 1. The van der Waals surface area contributed by atoms with E-state index in [0.717, 1.165) is 21.5 Å². The molecule has 0 bridgehead atoms. The van der Waals surface area contributed by atoms with Gasteiger partial charge in [-0.05, 0) is 44.3 Å². The van der Waals surface area contributed by atoms with E-state index in [1.54, 1.807) is 7.11 Å². The molecule has 5 heteroatoms. The number of amides is 1. The highest BCUT2D eigenvalue weighted by molar-refractivity contribution is 9.10. The largest absolute Gasteiger partial charge is 0.496 e. The van der Waals surface area contributed by atoms with E-state index in [-0.39, 0.29) is 5.91 Å². The fraction of sp³-hybridized carbons (Fsp3) is 0.278. The zero-order chi connectivity index (χ0) is 16.8. The molecular formula is C18H21BrN2O2. The van der Waals surface area contributed by atoms with Gasteiger partial charge in [-0.25, -0.2) is 0 Å². The lowest BCUT2D eigenvalue weighted by Gasteiger charge is -2.18. The second kappa shape index (κ2) is 8.13. The first-order valence-corrected chi connectivity index (χ1v) is 8.14. The Morgan fingerprint density at radius 1 is 1.22 bits per heavy atom. The maximum Gasteiger partial charge on any atom is 0.238 e. The monoisotopic (exact) mass is 376 g/mol. The molecule has 0 radical (unpaired) electrons. The van der Waals surface area contributed by atoms with Crippen LogP contribution in [-0.4, -0.2) is 31.5 Å². The van der Waals surface area contributed by atoms with Crippen LogP contribution in [0.3, 0.4) is 0 Å². The Kier molecular flexibility index (Phi) is 6.19. The molecule has 4 nitrogen and oxygen atoms in total. The highest BCUT2D eigenvalue weighted by Crippen LogP contribution is 2.24. The number of benzene rings is 2. The molecule has 1 amide bonds. The Morgan fingerprint density at radius 3 is 2.57 bits per heavy atom. The zero-order valence-electron chi connectivity index (χ0n) is 13.6. The average molecular weight is 377 g/mol. The molecule has 2 rings (SSSR count). The smallest absolute Gasteiger partial charge is 0.238 e. The van der Waals surface area contributed by atoms with Crippen molar-refractivity contribution < 1.29 is 9.53 Å². The van der Waals surface area contributed by atoms with E-state index in [1.165, 1.54) is 5.56 Å². The summed E-state index contributed by atoms with van der Waals surface area (Å²) < 4.78 is 6.36. The van der Waals surface area contributed by atoms with Crippen molar-refractivity contribution in [1.29, 1.82) is 0 Å². The number of halogens is 1. The van der Waals surface area contributed by atoms with Gasteiger partial charge in [-0.3, -0.25) is 9.69 Å². The van der Waals surface area contributed by atoms with Crippen molar-refractivity contribution in [2.75, 3.05) is 26.0 Å². The highest BCUT2D eigenvalue weighted by atomic mass is 79.9. The second-order valence-corrected chi connectivity index (χ2v) is 6.46. The zero-order valence-corrected chi connectivity index (χ0v) is 15.2. The summed E-state index contributed by atoms with van der Waals surface area (Å²) in [5, 5.41) is 2.90. The molecule has 1 N–H and O–H groups in total. The molecule has 122 valence electrons. The summed E-state index contributed by atoms with van der Waals surface area (Å²) >= 11 is 3.46. The predicted octanol–water partition coefficient (Wildman–Crippen LogP) is 3.84. The van der Waals surface area contributed by atoms with Crippen LogP contribution in [-0.2, 0) is 11.3 Å². The Balaban J connectivity index is 1.93. The molecular weight excluding hydrogens is 356 g/mol. The summed E-state index contributed by atoms with van der Waals surface area (Å²) in [6.45, 7) is 2.96. The van der Waals surface area contributed by atoms with Crippen molar-refractivity contribution in [1.82, 2.24) is 4.90 Å². The van der Waals surface area contributed by atoms with Gasteiger partial charge in [0.15, 0.2) is 0 Å². The minimum Gasteiger partial charge on any atom is -0.496 e. The second-order valence-electron chi connectivity index (χ2n) is 5.54. The quantitative estimate of drug-likeness (QED) is 0.832. The average Bonchev–Trinajstić information content (AvgIpc) is 2.49. The van der Waals surface area contributed by atoms with Gasteiger partial charge in [-0.1, -0.05) is 33.6 Å². The molecule has 0 aliphatic rings. The van der Waals surface area contributed by atoms with Crippen LogP contribution in [0, 0.1) is 6.92 Å². The summed E-state index contributed by atoms with van der Waals surface area (Å²) in [6, 6.07) is 13.6. The van der Waals surface area contributed by atoms with Gasteiger partial charge in [-0.2, -0.15) is 0 Å². The first-order valence-electron chi connectivity index (χ1n) is 7.35. The summed E-state index contributed by atoms with van der Waals surface area (Å²) in [5.74, 6) is 0.782. The van der Waals surface area contributed by atoms with Crippen molar-refractivity contribution in [3.8, 4) is 5.75 Å². The summed E-state index contributed by atoms with van der Waals surface area (Å²) in [5.41, 5.74) is 3.02. The van der Waals surface area contributed by atoms with Gasteiger partial charge in [0, 0.05) is 22.3 Å². The van der Waals surface area contributed by atoms with E-state index < -0.39 is 0 Å². The van der Waals surface area contributed by atoms with Crippen LogP contribution in [0.15, 0.2) is 46.9 Å². The topological polar surface area (TPSA) is 41.6 Å². The number of anilines is 1. The molecule has 0 saturated carbocycles. The van der Waals surface area contributed by atoms with Crippen molar-refractivity contribution in [2.45, 2.75) is 13.5 Å². The van der Waals surface area contributed by atoms with Crippen LogP contribution in [0.4, 0.5) is 5.69 Å². The van der Waals surface area contributed by atoms with Crippen molar-refractivity contribution in [3.05, 3.63) is 58.1 Å². The number of ether oxygens (including phenoxy) is 1. The fourth-order valence-electron chi connectivity index (χ4n) is 2.30. The molecule has 0 aromatic heterocycles. The van der Waals surface area contributed by atoms with Crippen molar-refractivity contribution in [2.24, 2.45) is 0 Å². The van der Waals surface area contributed by atoms with Gasteiger partial charge >= 0.3 is 0 Å². The number of rotatable bonds is 6. The van der Waals surface area contributed by atoms with Crippen LogP contribution in [0.25, 0.3) is 0 Å². The Bertz CT molecular complexity index is 671. The molecule has 0 heterocycles. The Morgan fingerprint density at radius 2 is 1.91 bits per heavy atom. The van der Waals surface area contributed by atoms with Crippen LogP contribution >= 0.6 is 15.9 Å².